The minimum atomic E-state index is -0.498. The zero-order valence-electron chi connectivity index (χ0n) is 49.6. The minimum absolute atomic E-state index is 0.498. The molecule has 0 heterocycles. The molecule has 88 heavy (non-hydrogen) atoms. The van der Waals surface area contributed by atoms with Gasteiger partial charge in [0.05, 0.1) is 10.8 Å². The minimum Gasteiger partial charge on any atom is -0.310 e. The van der Waals surface area contributed by atoms with Crippen molar-refractivity contribution >= 4 is 34.1 Å². The van der Waals surface area contributed by atoms with Crippen LogP contribution in [0.2, 0.25) is 0 Å². The lowest BCUT2D eigenvalue weighted by Gasteiger charge is -2.33. The van der Waals surface area contributed by atoms with E-state index >= 15 is 0 Å². The number of aryl methyl sites for hydroxylation is 2. The van der Waals surface area contributed by atoms with Crippen molar-refractivity contribution in [2.24, 2.45) is 0 Å². The Hall–Kier alpha value is -10.5. The van der Waals surface area contributed by atoms with E-state index in [0.29, 0.717) is 0 Å². The maximum absolute atomic E-state index is 2.52. The molecule has 2 spiro atoms. The van der Waals surface area contributed by atoms with Crippen molar-refractivity contribution in [3.05, 3.63) is 359 Å². The topological polar surface area (TPSA) is 6.48 Å². The van der Waals surface area contributed by atoms with Crippen LogP contribution in [0.1, 0.15) is 82.3 Å². The van der Waals surface area contributed by atoms with Crippen molar-refractivity contribution in [2.45, 2.75) is 50.4 Å². The number of anilines is 6. The van der Waals surface area contributed by atoms with Crippen LogP contribution in [0.3, 0.4) is 0 Å². The first-order valence-electron chi connectivity index (χ1n) is 31.5. The van der Waals surface area contributed by atoms with Gasteiger partial charge >= 0.3 is 0 Å². The highest BCUT2D eigenvalue weighted by molar-refractivity contribution is 5.99. The van der Waals surface area contributed by atoms with Crippen LogP contribution in [0.15, 0.2) is 303 Å². The van der Waals surface area contributed by atoms with Gasteiger partial charge in [0.15, 0.2) is 0 Å². The average molecular weight is 1130 g/mol. The number of rotatable bonds is 12. The van der Waals surface area contributed by atoms with Crippen molar-refractivity contribution in [1.29, 1.82) is 0 Å². The summed E-state index contributed by atoms with van der Waals surface area (Å²) >= 11 is 0. The Kier molecular flexibility index (Phi) is 12.1. The molecule has 13 aromatic rings. The molecule has 0 saturated heterocycles. The van der Waals surface area contributed by atoms with Gasteiger partial charge in [-0.1, -0.05) is 263 Å². The van der Waals surface area contributed by atoms with Gasteiger partial charge < -0.3 is 9.80 Å². The van der Waals surface area contributed by atoms with Crippen LogP contribution >= 0.6 is 0 Å². The highest BCUT2D eigenvalue weighted by atomic mass is 15.2. The summed E-state index contributed by atoms with van der Waals surface area (Å²) in [5.41, 5.74) is 34.0. The molecule has 0 aromatic heterocycles. The summed E-state index contributed by atoms with van der Waals surface area (Å²) < 4.78 is 0. The van der Waals surface area contributed by atoms with Crippen LogP contribution < -0.4 is 9.80 Å². The lowest BCUT2D eigenvalue weighted by Crippen LogP contribution is -2.26. The lowest BCUT2D eigenvalue weighted by molar-refractivity contribution is 0.793. The fraction of sp³-hybridized carbons (Fsp3) is 0.0930. The summed E-state index contributed by atoms with van der Waals surface area (Å²) in [5, 5.41) is 0. The molecule has 2 nitrogen and oxygen atoms in total. The Bertz CT molecular complexity index is 4440. The van der Waals surface area contributed by atoms with E-state index in [1.54, 1.807) is 0 Å². The number of fused-ring (bicyclic) bond motifs is 20. The fourth-order valence-electron chi connectivity index (χ4n) is 16.0. The molecule has 0 radical (unpaired) electrons. The van der Waals surface area contributed by atoms with Crippen molar-refractivity contribution in [1.82, 2.24) is 0 Å². The van der Waals surface area contributed by atoms with E-state index in [1.165, 1.54) is 122 Å². The van der Waals surface area contributed by atoms with E-state index < -0.39 is 10.8 Å². The SMILES string of the molecule is CCCc1ccc(-c2ccc(N(c3cccc(N(c4ccc(-c5ccc(CCC)cc5)cc4)c4ccc5c(c4)C4(c6ccccc6-c6ccccc64)c4ccccc4-5)c3)c3ccc4c(c3)C3(c5ccccc5-c5ccccc53)c3ccccc3-4)cc2)cc1. The molecule has 4 aliphatic rings. The quantitative estimate of drug-likeness (QED) is 0.120. The molecule has 0 N–H and O–H groups in total. The van der Waals surface area contributed by atoms with E-state index in [-0.39, 0.29) is 0 Å². The molecular weight excluding hydrogens is 1060 g/mol. The summed E-state index contributed by atoms with van der Waals surface area (Å²) in [6, 6.07) is 115. The van der Waals surface area contributed by atoms with Gasteiger partial charge in [0, 0.05) is 34.1 Å². The first-order chi connectivity index (χ1) is 43.5. The zero-order valence-corrected chi connectivity index (χ0v) is 49.6. The van der Waals surface area contributed by atoms with E-state index in [9.17, 15) is 0 Å². The standard InChI is InChI=1S/C86H64N2/c1-3-18-57-34-38-59(39-35-57)61-42-46-63(47-43-61)87(67-50-52-75-73-26-9-15-32-81(73)85(83(75)55-67)77-28-11-5-22-69(77)70-23-6-12-29-78(70)85)65-20-17-21-66(54-65)88(64-48-44-62(45-49-64)60-40-36-58(19-4-2)37-41-60)68-51-53-76-74-27-10-16-33-82(74)86(84(76)56-68)79-30-13-7-24-71(79)72-25-8-14-31-80(72)86/h5-17,20-56H,3-4,18-19H2,1-2H3. The molecule has 0 fully saturated rings. The third-order valence-corrected chi connectivity index (χ3v) is 19.7. The van der Waals surface area contributed by atoms with E-state index in [1.807, 2.05) is 0 Å². The molecule has 0 amide bonds. The monoisotopic (exact) mass is 1120 g/mol. The Balaban J connectivity index is 0.866. The highest BCUT2D eigenvalue weighted by Crippen LogP contribution is 2.65. The average Bonchev–Trinajstić information content (AvgIpc) is 1.55. The Morgan fingerprint density at radius 1 is 0.216 bits per heavy atom. The molecule has 2 heteroatoms. The molecule has 4 aliphatic carbocycles. The van der Waals surface area contributed by atoms with Gasteiger partial charge in [-0.25, -0.2) is 0 Å². The molecule has 0 aliphatic heterocycles. The van der Waals surface area contributed by atoms with Gasteiger partial charge in [-0.15, -0.1) is 0 Å². The van der Waals surface area contributed by atoms with Gasteiger partial charge in [-0.2, -0.15) is 0 Å². The molecule has 418 valence electrons. The Morgan fingerprint density at radius 2 is 0.466 bits per heavy atom. The van der Waals surface area contributed by atoms with E-state index in [0.717, 1.165) is 59.8 Å². The summed E-state index contributed by atoms with van der Waals surface area (Å²) in [4.78, 5) is 4.98. The second kappa shape index (κ2) is 20.6. The van der Waals surface area contributed by atoms with Crippen molar-refractivity contribution in [3.8, 4) is 66.8 Å². The first kappa shape index (κ1) is 51.8. The van der Waals surface area contributed by atoms with Crippen LogP contribution in [0.4, 0.5) is 34.1 Å². The summed E-state index contributed by atoms with van der Waals surface area (Å²) in [5.74, 6) is 0. The van der Waals surface area contributed by atoms with Gasteiger partial charge in [0.2, 0.25) is 0 Å². The van der Waals surface area contributed by atoms with Gasteiger partial charge in [-0.05, 0) is 202 Å². The molecule has 0 saturated carbocycles. The van der Waals surface area contributed by atoms with Crippen LogP contribution in [0.5, 0.6) is 0 Å². The summed E-state index contributed by atoms with van der Waals surface area (Å²) in [6.45, 7) is 4.50. The lowest BCUT2D eigenvalue weighted by atomic mass is 9.70. The highest BCUT2D eigenvalue weighted by Gasteiger charge is 2.53. The van der Waals surface area contributed by atoms with Crippen molar-refractivity contribution in [2.75, 3.05) is 9.80 Å². The normalized spacial score (nSPS) is 13.5. The van der Waals surface area contributed by atoms with E-state index in [4.69, 9.17) is 0 Å². The summed E-state index contributed by atoms with van der Waals surface area (Å²) in [6.07, 6.45) is 4.42. The fourth-order valence-corrected chi connectivity index (χ4v) is 16.0. The summed E-state index contributed by atoms with van der Waals surface area (Å²) in [7, 11) is 0. The predicted molar refractivity (Wildman–Crippen MR) is 367 cm³/mol. The van der Waals surface area contributed by atoms with Gasteiger partial charge in [0.25, 0.3) is 0 Å². The third-order valence-electron chi connectivity index (χ3n) is 19.7. The van der Waals surface area contributed by atoms with Gasteiger partial charge in [-0.3, -0.25) is 0 Å². The largest absolute Gasteiger partial charge is 0.310 e. The number of hydrogen-bond donors (Lipinski definition) is 0. The van der Waals surface area contributed by atoms with Crippen molar-refractivity contribution < 1.29 is 0 Å². The van der Waals surface area contributed by atoms with Gasteiger partial charge in [0.1, 0.15) is 0 Å². The molecule has 0 bridgehead atoms. The Morgan fingerprint density at radius 3 is 0.761 bits per heavy atom. The number of benzene rings is 13. The van der Waals surface area contributed by atoms with Crippen molar-refractivity contribution in [3.63, 3.8) is 0 Å². The molecular formula is C86H64N2. The molecule has 0 unspecified atom stereocenters. The van der Waals surface area contributed by atoms with E-state index in [2.05, 4.69) is 327 Å². The maximum atomic E-state index is 2.52. The predicted octanol–water partition coefficient (Wildman–Crippen LogP) is 22.6. The number of nitrogens with zero attached hydrogens (tertiary/aromatic N) is 2. The molecule has 17 rings (SSSR count). The smallest absolute Gasteiger partial charge is 0.0726 e. The van der Waals surface area contributed by atoms with Crippen LogP contribution in [0.25, 0.3) is 66.8 Å². The Labute approximate surface area is 517 Å². The van der Waals surface area contributed by atoms with Crippen LogP contribution in [0, 0.1) is 0 Å². The second-order valence-electron chi connectivity index (χ2n) is 24.4. The first-order valence-corrected chi connectivity index (χ1v) is 31.5. The third kappa shape index (κ3) is 7.68. The maximum Gasteiger partial charge on any atom is 0.0726 e. The van der Waals surface area contributed by atoms with Crippen LogP contribution in [-0.4, -0.2) is 0 Å². The molecule has 0 atom stereocenters. The second-order valence-corrected chi connectivity index (χ2v) is 24.4. The zero-order chi connectivity index (χ0) is 58.5. The number of hydrogen-bond acceptors (Lipinski definition) is 2. The molecule has 13 aromatic carbocycles. The van der Waals surface area contributed by atoms with Crippen LogP contribution in [-0.2, 0) is 23.7 Å².